The Balaban J connectivity index is 1.79. The lowest BCUT2D eigenvalue weighted by Gasteiger charge is -2.27. The van der Waals surface area contributed by atoms with Gasteiger partial charge >= 0.3 is 0 Å². The first kappa shape index (κ1) is 20.7. The van der Waals surface area contributed by atoms with Crippen LogP contribution in [0.1, 0.15) is 26.1 Å². The summed E-state index contributed by atoms with van der Waals surface area (Å²) < 4.78 is 23.3. The molecule has 1 aromatic heterocycles. The van der Waals surface area contributed by atoms with E-state index in [0.717, 1.165) is 6.26 Å². The van der Waals surface area contributed by atoms with Gasteiger partial charge in [0, 0.05) is 30.8 Å². The monoisotopic (exact) mass is 413 g/mol. The molecule has 0 fully saturated rings. The van der Waals surface area contributed by atoms with E-state index in [1.54, 1.807) is 35.2 Å². The molecule has 1 amide bonds. The van der Waals surface area contributed by atoms with Crippen LogP contribution in [0.3, 0.4) is 0 Å². The number of nitrogens with one attached hydrogen (secondary N) is 1. The van der Waals surface area contributed by atoms with Crippen molar-refractivity contribution in [3.63, 3.8) is 0 Å². The molecule has 0 radical (unpaired) electrons. The summed E-state index contributed by atoms with van der Waals surface area (Å²) in [5.41, 5.74) is 0.989. The molecular formula is C21H23N3O4S. The molecule has 3 rings (SSSR count). The minimum atomic E-state index is -3.30. The molecule has 0 atom stereocenters. The van der Waals surface area contributed by atoms with Crippen LogP contribution in [0.2, 0.25) is 0 Å². The smallest absolute Gasteiger partial charge is 0.258 e. The van der Waals surface area contributed by atoms with Gasteiger partial charge < -0.3 is 9.88 Å². The van der Waals surface area contributed by atoms with Gasteiger partial charge in [-0.15, -0.1) is 0 Å². The number of benzene rings is 2. The highest BCUT2D eigenvalue weighted by molar-refractivity contribution is 7.90. The molecule has 0 unspecified atom stereocenters. The zero-order valence-corrected chi connectivity index (χ0v) is 17.4. The van der Waals surface area contributed by atoms with E-state index >= 15 is 0 Å². The Morgan fingerprint density at radius 2 is 1.76 bits per heavy atom. The molecule has 1 heterocycles. The highest BCUT2D eigenvalue weighted by atomic mass is 32.2. The number of hydrogen-bond acceptors (Lipinski definition) is 5. The maximum Gasteiger partial charge on any atom is 0.258 e. The summed E-state index contributed by atoms with van der Waals surface area (Å²) in [5, 5.41) is 0.511. The van der Waals surface area contributed by atoms with Gasteiger partial charge in [0.2, 0.25) is 5.91 Å². The van der Waals surface area contributed by atoms with Gasteiger partial charge in [-0.25, -0.2) is 13.4 Å². The minimum Gasteiger partial charge on any atom is -0.310 e. The van der Waals surface area contributed by atoms with Crippen molar-refractivity contribution >= 4 is 32.3 Å². The zero-order chi connectivity index (χ0) is 21.2. The van der Waals surface area contributed by atoms with Crippen molar-refractivity contribution < 1.29 is 13.2 Å². The summed E-state index contributed by atoms with van der Waals surface area (Å²) in [7, 11) is -3.30. The molecule has 0 spiro atoms. The normalized spacial score (nSPS) is 11.7. The molecular weight excluding hydrogens is 390 g/mol. The Kier molecular flexibility index (Phi) is 5.83. The summed E-state index contributed by atoms with van der Waals surface area (Å²) in [5.74, 6) is 0.320. The van der Waals surface area contributed by atoms with Crippen LogP contribution in [0.15, 0.2) is 58.2 Å². The zero-order valence-electron chi connectivity index (χ0n) is 16.5. The van der Waals surface area contributed by atoms with E-state index in [2.05, 4.69) is 9.97 Å². The number of aromatic nitrogens is 2. The van der Waals surface area contributed by atoms with Crippen molar-refractivity contribution in [1.29, 1.82) is 0 Å². The maximum atomic E-state index is 12.9. The molecule has 0 aliphatic carbocycles. The van der Waals surface area contributed by atoms with Crippen molar-refractivity contribution in [3.8, 4) is 0 Å². The van der Waals surface area contributed by atoms with Crippen LogP contribution in [0.4, 0.5) is 5.69 Å². The van der Waals surface area contributed by atoms with Crippen LogP contribution < -0.4 is 10.5 Å². The number of carbonyl (C=O) groups excluding carboxylic acids is 1. The van der Waals surface area contributed by atoms with E-state index in [0.29, 0.717) is 28.8 Å². The second kappa shape index (κ2) is 8.16. The lowest BCUT2D eigenvalue weighted by Crippen LogP contribution is -2.37. The first-order valence-corrected chi connectivity index (χ1v) is 11.2. The highest BCUT2D eigenvalue weighted by Crippen LogP contribution is 2.21. The average Bonchev–Trinajstić information content (AvgIpc) is 2.66. The molecule has 29 heavy (non-hydrogen) atoms. The quantitative estimate of drug-likeness (QED) is 0.670. The van der Waals surface area contributed by atoms with Crippen molar-refractivity contribution in [1.82, 2.24) is 9.97 Å². The third-order valence-electron chi connectivity index (χ3n) is 4.57. The number of H-pyrrole nitrogens is 1. The van der Waals surface area contributed by atoms with Crippen molar-refractivity contribution in [2.24, 2.45) is 0 Å². The summed E-state index contributed by atoms with van der Waals surface area (Å²) in [6.07, 6.45) is 1.60. The lowest BCUT2D eigenvalue weighted by atomic mass is 10.2. The van der Waals surface area contributed by atoms with Gasteiger partial charge in [0.15, 0.2) is 9.84 Å². The van der Waals surface area contributed by atoms with E-state index in [9.17, 15) is 18.0 Å². The second-order valence-electron chi connectivity index (χ2n) is 7.15. The topological polar surface area (TPSA) is 100 Å². The predicted molar refractivity (Wildman–Crippen MR) is 113 cm³/mol. The fraction of sp³-hybridized carbons (Fsp3) is 0.286. The Morgan fingerprint density at radius 1 is 1.10 bits per heavy atom. The number of anilines is 1. The van der Waals surface area contributed by atoms with Crippen molar-refractivity contribution in [2.75, 3.05) is 11.2 Å². The maximum absolute atomic E-state index is 12.9. The fourth-order valence-electron chi connectivity index (χ4n) is 3.18. The van der Waals surface area contributed by atoms with Crippen LogP contribution in [-0.2, 0) is 21.1 Å². The van der Waals surface area contributed by atoms with E-state index < -0.39 is 9.84 Å². The molecule has 0 aliphatic heterocycles. The SMILES string of the molecule is CC(C)N(C(=O)CCc1nc2ccccc2c(=O)[nH]1)c1ccc(S(C)(=O)=O)cc1. The number of nitrogens with zero attached hydrogens (tertiary/aromatic N) is 2. The summed E-state index contributed by atoms with van der Waals surface area (Å²) >= 11 is 0. The number of para-hydroxylation sites is 1. The van der Waals surface area contributed by atoms with Crippen LogP contribution in [0.5, 0.6) is 0 Å². The average molecular weight is 413 g/mol. The minimum absolute atomic E-state index is 0.116. The first-order chi connectivity index (χ1) is 13.7. The second-order valence-corrected chi connectivity index (χ2v) is 9.17. The van der Waals surface area contributed by atoms with Gasteiger partial charge in [0.05, 0.1) is 15.8 Å². The lowest BCUT2D eigenvalue weighted by molar-refractivity contribution is -0.119. The van der Waals surface area contributed by atoms with Gasteiger partial charge in [-0.05, 0) is 50.2 Å². The largest absolute Gasteiger partial charge is 0.310 e. The van der Waals surface area contributed by atoms with Crippen LogP contribution in [0.25, 0.3) is 10.9 Å². The van der Waals surface area contributed by atoms with E-state index in [1.807, 2.05) is 19.9 Å². The number of rotatable bonds is 6. The molecule has 2 aromatic carbocycles. The third-order valence-corrected chi connectivity index (χ3v) is 5.69. The first-order valence-electron chi connectivity index (χ1n) is 9.27. The van der Waals surface area contributed by atoms with Crippen LogP contribution in [0, 0.1) is 0 Å². The molecule has 152 valence electrons. The number of amides is 1. The third kappa shape index (κ3) is 4.71. The number of carbonyl (C=O) groups is 1. The number of sulfone groups is 1. The van der Waals surface area contributed by atoms with Gasteiger partial charge in [-0.1, -0.05) is 12.1 Å². The molecule has 7 nitrogen and oxygen atoms in total. The molecule has 0 saturated heterocycles. The fourth-order valence-corrected chi connectivity index (χ4v) is 3.81. The molecule has 1 N–H and O–H groups in total. The molecule has 0 aliphatic rings. The summed E-state index contributed by atoms with van der Waals surface area (Å²) in [6.45, 7) is 3.77. The summed E-state index contributed by atoms with van der Waals surface area (Å²) in [4.78, 5) is 34.0. The van der Waals surface area contributed by atoms with Gasteiger partial charge in [0.25, 0.3) is 5.56 Å². The molecule has 0 saturated carbocycles. The summed E-state index contributed by atoms with van der Waals surface area (Å²) in [6, 6.07) is 13.2. The van der Waals surface area contributed by atoms with Crippen LogP contribution >= 0.6 is 0 Å². The van der Waals surface area contributed by atoms with E-state index in [-0.39, 0.29) is 28.8 Å². The van der Waals surface area contributed by atoms with E-state index in [4.69, 9.17) is 0 Å². The van der Waals surface area contributed by atoms with Crippen LogP contribution in [-0.4, -0.2) is 36.6 Å². The predicted octanol–water partition coefficient (Wildman–Crippen LogP) is 2.70. The standard InChI is InChI=1S/C21H23N3O4S/c1-14(2)24(15-8-10-16(11-9-15)29(3,27)28)20(25)13-12-19-22-18-7-5-4-6-17(18)21(26)23-19/h4-11,14H,12-13H2,1-3H3,(H,22,23,26). The van der Waals surface area contributed by atoms with Crippen molar-refractivity contribution in [3.05, 3.63) is 64.7 Å². The highest BCUT2D eigenvalue weighted by Gasteiger charge is 2.20. The van der Waals surface area contributed by atoms with Crippen molar-refractivity contribution in [2.45, 2.75) is 37.6 Å². The molecule has 8 heteroatoms. The number of fused-ring (bicyclic) bond motifs is 1. The molecule has 0 bridgehead atoms. The van der Waals surface area contributed by atoms with E-state index in [1.165, 1.54) is 12.1 Å². The number of aromatic amines is 1. The number of hydrogen-bond donors (Lipinski definition) is 1. The van der Waals surface area contributed by atoms with Gasteiger partial charge in [-0.2, -0.15) is 0 Å². The Labute approximate surface area is 169 Å². The van der Waals surface area contributed by atoms with Gasteiger partial charge in [-0.3, -0.25) is 9.59 Å². The Hall–Kier alpha value is -3.00. The Bertz CT molecular complexity index is 1200. The molecule has 3 aromatic rings. The number of aryl methyl sites for hydroxylation is 1. The Morgan fingerprint density at radius 3 is 2.38 bits per heavy atom. The van der Waals surface area contributed by atoms with Gasteiger partial charge in [0.1, 0.15) is 5.82 Å².